The second-order valence-electron chi connectivity index (χ2n) is 4.01. The van der Waals surface area contributed by atoms with Crippen LogP contribution >= 0.6 is 11.3 Å². The molecule has 2 aromatic heterocycles. The van der Waals surface area contributed by atoms with E-state index in [2.05, 4.69) is 20.3 Å². The molecule has 4 N–H and O–H groups in total. The Labute approximate surface area is 112 Å². The van der Waals surface area contributed by atoms with Crippen molar-refractivity contribution >= 4 is 33.9 Å². The molecule has 0 amide bonds. The third-order valence-electron chi connectivity index (χ3n) is 2.64. The molecule has 0 saturated heterocycles. The smallest absolute Gasteiger partial charge is 0.260 e. The number of nitrogens with one attached hydrogen (secondary N) is 2. The highest BCUT2D eigenvalue weighted by Crippen LogP contribution is 2.13. The molecule has 0 spiro atoms. The Morgan fingerprint density at radius 1 is 1.42 bits per heavy atom. The van der Waals surface area contributed by atoms with E-state index in [1.165, 1.54) is 0 Å². The summed E-state index contributed by atoms with van der Waals surface area (Å²) >= 11 is 1.54. The van der Waals surface area contributed by atoms with E-state index in [0.717, 1.165) is 4.88 Å². The minimum absolute atomic E-state index is 0.205. The first kappa shape index (κ1) is 11.7. The second kappa shape index (κ2) is 4.69. The number of nitrogen functional groups attached to an aromatic ring is 1. The molecular weight excluding hydrogens is 262 g/mol. The molecule has 0 fully saturated rings. The number of H-pyrrole nitrogens is 1. The van der Waals surface area contributed by atoms with Crippen LogP contribution in [-0.2, 0) is 6.54 Å². The summed E-state index contributed by atoms with van der Waals surface area (Å²) in [5.41, 5.74) is 8.37. The van der Waals surface area contributed by atoms with Crippen LogP contribution in [0.3, 0.4) is 0 Å². The van der Waals surface area contributed by atoms with Gasteiger partial charge in [0.2, 0.25) is 5.95 Å². The maximum absolute atomic E-state index is 11.9. The molecule has 0 bridgehead atoms. The topological polar surface area (TPSA) is 96.7 Å². The van der Waals surface area contributed by atoms with Crippen molar-refractivity contribution < 1.29 is 0 Å². The number of aromatic nitrogens is 3. The Bertz CT molecular complexity index is 765. The van der Waals surface area contributed by atoms with Gasteiger partial charge in [-0.3, -0.25) is 14.8 Å². The van der Waals surface area contributed by atoms with Crippen LogP contribution in [0.4, 0.5) is 11.6 Å². The number of fused-ring (bicyclic) bond motifs is 1. The van der Waals surface area contributed by atoms with Crippen LogP contribution in [0.5, 0.6) is 0 Å². The summed E-state index contributed by atoms with van der Waals surface area (Å²) in [5, 5.41) is 3.56. The standard InChI is InChI=1S/C12H11N5OS/c13-7-1-2-10-9(3-7)11(18)17-12(16-10)15-5-8-4-14-6-19-8/h1-4,6H,5,13H2,(H2,15,16,17,18). The Hall–Kier alpha value is -2.41. The van der Waals surface area contributed by atoms with Crippen molar-refractivity contribution in [1.29, 1.82) is 0 Å². The molecule has 0 unspecified atom stereocenters. The number of rotatable bonds is 3. The summed E-state index contributed by atoms with van der Waals surface area (Å²) in [4.78, 5) is 24.0. The van der Waals surface area contributed by atoms with E-state index in [1.54, 1.807) is 41.2 Å². The van der Waals surface area contributed by atoms with E-state index in [1.807, 2.05) is 0 Å². The van der Waals surface area contributed by atoms with E-state index in [0.29, 0.717) is 29.1 Å². The minimum Gasteiger partial charge on any atom is -0.399 e. The summed E-state index contributed by atoms with van der Waals surface area (Å²) in [6.45, 7) is 0.577. The molecule has 0 aliphatic heterocycles. The fourth-order valence-corrected chi connectivity index (χ4v) is 2.27. The van der Waals surface area contributed by atoms with Gasteiger partial charge >= 0.3 is 0 Å². The lowest BCUT2D eigenvalue weighted by molar-refractivity contribution is 1.07. The van der Waals surface area contributed by atoms with Gasteiger partial charge in [0, 0.05) is 16.8 Å². The van der Waals surface area contributed by atoms with Crippen LogP contribution in [-0.4, -0.2) is 15.0 Å². The quantitative estimate of drug-likeness (QED) is 0.629. The second-order valence-corrected chi connectivity index (χ2v) is 4.98. The van der Waals surface area contributed by atoms with Gasteiger partial charge in [0.1, 0.15) is 0 Å². The monoisotopic (exact) mass is 273 g/mol. The normalized spacial score (nSPS) is 10.7. The van der Waals surface area contributed by atoms with Crippen molar-refractivity contribution in [2.45, 2.75) is 6.54 Å². The fraction of sp³-hybridized carbons (Fsp3) is 0.0833. The first-order valence-corrected chi connectivity index (χ1v) is 6.51. The maximum atomic E-state index is 11.9. The summed E-state index contributed by atoms with van der Waals surface area (Å²) in [6.07, 6.45) is 1.78. The van der Waals surface area contributed by atoms with Crippen molar-refractivity contribution in [3.8, 4) is 0 Å². The molecule has 0 atom stereocenters. The van der Waals surface area contributed by atoms with Crippen molar-refractivity contribution in [3.63, 3.8) is 0 Å². The van der Waals surface area contributed by atoms with Gasteiger partial charge < -0.3 is 11.1 Å². The molecule has 3 rings (SSSR count). The van der Waals surface area contributed by atoms with Gasteiger partial charge in [-0.1, -0.05) is 0 Å². The predicted octanol–water partition coefficient (Wildman–Crippen LogP) is 1.57. The fourth-order valence-electron chi connectivity index (χ4n) is 1.74. The summed E-state index contributed by atoms with van der Waals surface area (Å²) in [6, 6.07) is 5.08. The third-order valence-corrected chi connectivity index (χ3v) is 3.42. The van der Waals surface area contributed by atoms with Crippen molar-refractivity contribution in [1.82, 2.24) is 15.0 Å². The number of benzene rings is 1. The summed E-state index contributed by atoms with van der Waals surface area (Å²) in [7, 11) is 0. The lowest BCUT2D eigenvalue weighted by Crippen LogP contribution is -2.13. The van der Waals surface area contributed by atoms with Crippen LogP contribution in [0.2, 0.25) is 0 Å². The zero-order valence-electron chi connectivity index (χ0n) is 9.88. The van der Waals surface area contributed by atoms with Gasteiger partial charge in [0.25, 0.3) is 5.56 Å². The van der Waals surface area contributed by atoms with Gasteiger partial charge in [-0.25, -0.2) is 4.98 Å². The first-order chi connectivity index (χ1) is 9.22. The molecule has 1 aromatic carbocycles. The van der Waals surface area contributed by atoms with Gasteiger partial charge in [-0.05, 0) is 18.2 Å². The number of aromatic amines is 1. The number of thiazole rings is 1. The molecule has 7 heteroatoms. The maximum Gasteiger partial charge on any atom is 0.260 e. The Morgan fingerprint density at radius 3 is 3.11 bits per heavy atom. The number of hydrogen-bond donors (Lipinski definition) is 3. The first-order valence-electron chi connectivity index (χ1n) is 5.63. The largest absolute Gasteiger partial charge is 0.399 e. The predicted molar refractivity (Wildman–Crippen MR) is 76.2 cm³/mol. The average molecular weight is 273 g/mol. The van der Waals surface area contributed by atoms with Crippen molar-refractivity contribution in [2.24, 2.45) is 0 Å². The molecular formula is C12H11N5OS. The molecule has 0 saturated carbocycles. The Kier molecular flexibility index (Phi) is 2.88. The molecule has 3 aromatic rings. The van der Waals surface area contributed by atoms with Gasteiger partial charge in [0.05, 0.1) is 23.0 Å². The van der Waals surface area contributed by atoms with Crippen molar-refractivity contribution in [2.75, 3.05) is 11.1 Å². The lowest BCUT2D eigenvalue weighted by Gasteiger charge is -2.05. The SMILES string of the molecule is Nc1ccc2nc(NCc3cncs3)[nH]c(=O)c2c1. The van der Waals surface area contributed by atoms with E-state index in [4.69, 9.17) is 5.73 Å². The van der Waals surface area contributed by atoms with Gasteiger partial charge in [-0.2, -0.15) is 0 Å². The summed E-state index contributed by atoms with van der Waals surface area (Å²) in [5.74, 6) is 0.440. The van der Waals surface area contributed by atoms with E-state index in [9.17, 15) is 4.79 Å². The van der Waals surface area contributed by atoms with Crippen LogP contribution < -0.4 is 16.6 Å². The highest BCUT2D eigenvalue weighted by Gasteiger charge is 2.04. The average Bonchev–Trinajstić information content (AvgIpc) is 2.90. The minimum atomic E-state index is -0.205. The number of nitrogens with two attached hydrogens (primary N) is 1. The van der Waals surface area contributed by atoms with E-state index in [-0.39, 0.29) is 5.56 Å². The van der Waals surface area contributed by atoms with Gasteiger partial charge in [0.15, 0.2) is 0 Å². The Morgan fingerprint density at radius 2 is 2.32 bits per heavy atom. The van der Waals surface area contributed by atoms with Crippen molar-refractivity contribution in [3.05, 3.63) is 45.1 Å². The highest BCUT2D eigenvalue weighted by atomic mass is 32.1. The molecule has 0 aliphatic rings. The van der Waals surface area contributed by atoms with Crippen LogP contribution in [0.1, 0.15) is 4.88 Å². The molecule has 0 radical (unpaired) electrons. The van der Waals surface area contributed by atoms with Crippen LogP contribution in [0.15, 0.2) is 34.7 Å². The molecule has 96 valence electrons. The number of hydrogen-bond acceptors (Lipinski definition) is 6. The highest BCUT2D eigenvalue weighted by molar-refractivity contribution is 7.09. The number of nitrogens with zero attached hydrogens (tertiary/aromatic N) is 2. The summed E-state index contributed by atoms with van der Waals surface area (Å²) < 4.78 is 0. The van der Waals surface area contributed by atoms with Gasteiger partial charge in [-0.15, -0.1) is 11.3 Å². The van der Waals surface area contributed by atoms with E-state index >= 15 is 0 Å². The zero-order chi connectivity index (χ0) is 13.2. The molecule has 2 heterocycles. The van der Waals surface area contributed by atoms with Crippen LogP contribution in [0, 0.1) is 0 Å². The van der Waals surface area contributed by atoms with Crippen LogP contribution in [0.25, 0.3) is 10.9 Å². The molecule has 19 heavy (non-hydrogen) atoms. The molecule has 6 nitrogen and oxygen atoms in total. The van der Waals surface area contributed by atoms with E-state index < -0.39 is 0 Å². The lowest BCUT2D eigenvalue weighted by atomic mass is 10.2. The number of anilines is 2. The Balaban J connectivity index is 1.93. The zero-order valence-corrected chi connectivity index (χ0v) is 10.7. The third kappa shape index (κ3) is 2.41. The molecule has 0 aliphatic carbocycles.